The van der Waals surface area contributed by atoms with Crippen molar-refractivity contribution in [1.82, 2.24) is 4.98 Å². The van der Waals surface area contributed by atoms with Crippen molar-refractivity contribution < 1.29 is 5.11 Å². The number of rotatable bonds is 5. The lowest BCUT2D eigenvalue weighted by atomic mass is 10.0. The van der Waals surface area contributed by atoms with E-state index < -0.39 is 5.60 Å². The number of aliphatic hydroxyl groups is 1. The van der Waals surface area contributed by atoms with E-state index in [9.17, 15) is 5.11 Å². The zero-order chi connectivity index (χ0) is 10.7. The molecule has 0 bridgehead atoms. The highest BCUT2D eigenvalue weighted by molar-refractivity contribution is 7.99. The molecule has 1 aromatic rings. The minimum atomic E-state index is -0.673. The van der Waals surface area contributed by atoms with Crippen molar-refractivity contribution in [1.29, 1.82) is 0 Å². The first-order valence-electron chi connectivity index (χ1n) is 5.20. The molecule has 1 fully saturated rings. The highest BCUT2D eigenvalue weighted by Gasteiger charge is 2.42. The van der Waals surface area contributed by atoms with E-state index in [1.165, 1.54) is 0 Å². The summed E-state index contributed by atoms with van der Waals surface area (Å²) in [6.45, 7) is 0.357. The summed E-state index contributed by atoms with van der Waals surface area (Å²) >= 11 is 1.65. The van der Waals surface area contributed by atoms with Gasteiger partial charge in [-0.05, 0) is 30.9 Å². The van der Waals surface area contributed by atoms with Crippen molar-refractivity contribution in [2.24, 2.45) is 11.7 Å². The summed E-state index contributed by atoms with van der Waals surface area (Å²) in [5.41, 5.74) is 4.96. The second-order valence-corrected chi connectivity index (χ2v) is 5.10. The van der Waals surface area contributed by atoms with Crippen LogP contribution in [0.5, 0.6) is 0 Å². The predicted molar refractivity (Wildman–Crippen MR) is 61.7 cm³/mol. The standard InChI is InChI=1S/C11H16N2OS/c12-7-11(14,9-1-2-9)8-15-10-3-5-13-6-4-10/h3-6,9,14H,1-2,7-8,12H2. The minimum Gasteiger partial charge on any atom is -0.387 e. The maximum Gasteiger partial charge on any atom is 0.0890 e. The molecule has 4 heteroatoms. The number of hydrogen-bond donors (Lipinski definition) is 2. The van der Waals surface area contributed by atoms with Crippen LogP contribution < -0.4 is 5.73 Å². The third-order valence-corrected chi connectivity index (χ3v) is 4.08. The molecule has 3 nitrogen and oxygen atoms in total. The normalized spacial score (nSPS) is 19.9. The van der Waals surface area contributed by atoms with E-state index in [0.717, 1.165) is 17.7 Å². The molecule has 0 amide bonds. The molecule has 1 aliphatic rings. The highest BCUT2D eigenvalue weighted by Crippen LogP contribution is 2.41. The first kappa shape index (κ1) is 10.9. The van der Waals surface area contributed by atoms with E-state index in [1.807, 2.05) is 12.1 Å². The number of nitrogens with two attached hydrogens (primary N) is 1. The molecule has 1 saturated carbocycles. The zero-order valence-corrected chi connectivity index (χ0v) is 9.41. The van der Waals surface area contributed by atoms with Crippen LogP contribution in [0.2, 0.25) is 0 Å². The van der Waals surface area contributed by atoms with E-state index >= 15 is 0 Å². The number of pyridine rings is 1. The fourth-order valence-electron chi connectivity index (χ4n) is 1.61. The lowest BCUT2D eigenvalue weighted by Crippen LogP contribution is -2.42. The van der Waals surface area contributed by atoms with Crippen molar-refractivity contribution in [3.8, 4) is 0 Å². The lowest BCUT2D eigenvalue weighted by Gasteiger charge is -2.25. The molecule has 3 N–H and O–H groups in total. The highest BCUT2D eigenvalue weighted by atomic mass is 32.2. The van der Waals surface area contributed by atoms with Gasteiger partial charge in [-0.15, -0.1) is 11.8 Å². The summed E-state index contributed by atoms with van der Waals surface area (Å²) in [5, 5.41) is 10.3. The number of thioether (sulfide) groups is 1. The molecule has 1 atom stereocenters. The second-order valence-electron chi connectivity index (χ2n) is 4.05. The zero-order valence-electron chi connectivity index (χ0n) is 8.60. The van der Waals surface area contributed by atoms with Crippen LogP contribution in [-0.4, -0.2) is 28.0 Å². The molecular weight excluding hydrogens is 208 g/mol. The summed E-state index contributed by atoms with van der Waals surface area (Å²) in [6, 6.07) is 3.91. The van der Waals surface area contributed by atoms with Gasteiger partial charge in [-0.3, -0.25) is 4.98 Å². The van der Waals surface area contributed by atoms with Gasteiger partial charge in [0.15, 0.2) is 0 Å². The van der Waals surface area contributed by atoms with E-state index in [4.69, 9.17) is 5.73 Å². The largest absolute Gasteiger partial charge is 0.387 e. The Morgan fingerprint density at radius 1 is 1.47 bits per heavy atom. The molecule has 1 heterocycles. The van der Waals surface area contributed by atoms with Crippen LogP contribution >= 0.6 is 11.8 Å². The average Bonchev–Trinajstić information content (AvgIpc) is 3.11. The summed E-state index contributed by atoms with van der Waals surface area (Å²) in [7, 11) is 0. The van der Waals surface area contributed by atoms with Crippen LogP contribution in [0.25, 0.3) is 0 Å². The lowest BCUT2D eigenvalue weighted by molar-refractivity contribution is 0.0510. The summed E-state index contributed by atoms with van der Waals surface area (Å²) in [4.78, 5) is 5.09. The van der Waals surface area contributed by atoms with Gasteiger partial charge < -0.3 is 10.8 Å². The van der Waals surface area contributed by atoms with Crippen LogP contribution in [-0.2, 0) is 0 Å². The first-order chi connectivity index (χ1) is 7.24. The third kappa shape index (κ3) is 2.71. The van der Waals surface area contributed by atoms with Crippen LogP contribution in [0.1, 0.15) is 12.8 Å². The molecule has 1 aromatic heterocycles. The van der Waals surface area contributed by atoms with Gasteiger partial charge in [0.05, 0.1) is 5.60 Å². The smallest absolute Gasteiger partial charge is 0.0890 e. The maximum atomic E-state index is 10.3. The molecule has 0 saturated heterocycles. The van der Waals surface area contributed by atoms with Crippen molar-refractivity contribution in [3.63, 3.8) is 0 Å². The Labute approximate surface area is 94.1 Å². The molecule has 82 valence electrons. The van der Waals surface area contributed by atoms with Gasteiger partial charge in [-0.25, -0.2) is 0 Å². The molecule has 15 heavy (non-hydrogen) atoms. The molecule has 0 radical (unpaired) electrons. The van der Waals surface area contributed by atoms with Crippen molar-refractivity contribution >= 4 is 11.8 Å². The van der Waals surface area contributed by atoms with Crippen LogP contribution in [0, 0.1) is 5.92 Å². The van der Waals surface area contributed by atoms with Crippen LogP contribution in [0.3, 0.4) is 0 Å². The van der Waals surface area contributed by atoms with Crippen molar-refractivity contribution in [2.75, 3.05) is 12.3 Å². The van der Waals surface area contributed by atoms with Gasteiger partial charge in [0.25, 0.3) is 0 Å². The molecule has 1 aliphatic carbocycles. The van der Waals surface area contributed by atoms with Crippen LogP contribution in [0.4, 0.5) is 0 Å². The van der Waals surface area contributed by atoms with Gasteiger partial charge in [-0.2, -0.15) is 0 Å². The van der Waals surface area contributed by atoms with Crippen molar-refractivity contribution in [2.45, 2.75) is 23.3 Å². The Balaban J connectivity index is 1.91. The Morgan fingerprint density at radius 2 is 2.13 bits per heavy atom. The topological polar surface area (TPSA) is 59.1 Å². The summed E-state index contributed by atoms with van der Waals surface area (Å²) < 4.78 is 0. The average molecular weight is 224 g/mol. The second kappa shape index (κ2) is 4.51. The Morgan fingerprint density at radius 3 is 2.67 bits per heavy atom. The molecule has 1 unspecified atom stereocenters. The van der Waals surface area contributed by atoms with Gasteiger partial charge in [-0.1, -0.05) is 0 Å². The Hall–Kier alpha value is -0.580. The van der Waals surface area contributed by atoms with E-state index in [0.29, 0.717) is 18.2 Å². The quantitative estimate of drug-likeness (QED) is 0.740. The van der Waals surface area contributed by atoms with Gasteiger partial charge in [0.1, 0.15) is 0 Å². The predicted octanol–water partition coefficient (Wildman–Crippen LogP) is 1.27. The first-order valence-corrected chi connectivity index (χ1v) is 6.18. The molecular formula is C11H16N2OS. The fourth-order valence-corrected chi connectivity index (χ4v) is 2.69. The van der Waals surface area contributed by atoms with Gasteiger partial charge in [0.2, 0.25) is 0 Å². The van der Waals surface area contributed by atoms with E-state index in [-0.39, 0.29) is 0 Å². The number of aromatic nitrogens is 1. The fraction of sp³-hybridized carbons (Fsp3) is 0.545. The third-order valence-electron chi connectivity index (χ3n) is 2.83. The Bertz CT molecular complexity index is 316. The van der Waals surface area contributed by atoms with Crippen molar-refractivity contribution in [3.05, 3.63) is 24.5 Å². The summed E-state index contributed by atoms with van der Waals surface area (Å²) in [5.74, 6) is 1.09. The molecule has 0 aliphatic heterocycles. The minimum absolute atomic E-state index is 0.357. The SMILES string of the molecule is NCC(O)(CSc1ccncc1)C1CC1. The Kier molecular flexibility index (Phi) is 3.29. The summed E-state index contributed by atoms with van der Waals surface area (Å²) in [6.07, 6.45) is 5.76. The monoisotopic (exact) mass is 224 g/mol. The van der Waals surface area contributed by atoms with Gasteiger partial charge in [0, 0.05) is 29.6 Å². The maximum absolute atomic E-state index is 10.3. The molecule has 0 spiro atoms. The molecule has 2 rings (SSSR count). The number of hydrogen-bond acceptors (Lipinski definition) is 4. The van der Waals surface area contributed by atoms with E-state index in [2.05, 4.69) is 4.98 Å². The number of nitrogens with zero attached hydrogens (tertiary/aromatic N) is 1. The molecule has 0 aromatic carbocycles. The van der Waals surface area contributed by atoms with Gasteiger partial charge >= 0.3 is 0 Å². The van der Waals surface area contributed by atoms with Crippen LogP contribution in [0.15, 0.2) is 29.4 Å². The van der Waals surface area contributed by atoms with E-state index in [1.54, 1.807) is 24.2 Å².